The average Bonchev–Trinajstić information content (AvgIpc) is 2.55. The standard InChI is InChI=1S/C18H20F3N3S/c1-17(2)10-5-6-12-24(17)13-7-3-4-8-14(13)25-16-22-11-9-15(23-16)18(19,20)21/h3-4,7-9,11H,5-6,10,12H2,1-2H3. The number of piperidine rings is 1. The molecule has 1 aromatic heterocycles. The van der Waals surface area contributed by atoms with E-state index in [1.807, 2.05) is 24.3 Å². The molecule has 0 amide bonds. The van der Waals surface area contributed by atoms with E-state index in [1.165, 1.54) is 18.2 Å². The molecule has 1 aromatic carbocycles. The van der Waals surface area contributed by atoms with Crippen LogP contribution in [0.3, 0.4) is 0 Å². The Morgan fingerprint density at radius 2 is 1.88 bits per heavy atom. The van der Waals surface area contributed by atoms with Crippen LogP contribution >= 0.6 is 11.8 Å². The monoisotopic (exact) mass is 367 g/mol. The van der Waals surface area contributed by atoms with Gasteiger partial charge in [0.2, 0.25) is 0 Å². The van der Waals surface area contributed by atoms with Crippen LogP contribution in [0.5, 0.6) is 0 Å². The third-order valence-corrected chi connectivity index (χ3v) is 5.38. The van der Waals surface area contributed by atoms with Gasteiger partial charge >= 0.3 is 6.18 Å². The normalized spacial score (nSPS) is 17.6. The van der Waals surface area contributed by atoms with Crippen LogP contribution in [0.25, 0.3) is 0 Å². The van der Waals surface area contributed by atoms with E-state index >= 15 is 0 Å². The average molecular weight is 367 g/mol. The molecule has 7 heteroatoms. The molecule has 1 saturated heterocycles. The van der Waals surface area contributed by atoms with Crippen LogP contribution in [-0.4, -0.2) is 22.1 Å². The van der Waals surface area contributed by atoms with Gasteiger partial charge in [-0.1, -0.05) is 12.1 Å². The van der Waals surface area contributed by atoms with Gasteiger partial charge in [-0.2, -0.15) is 13.2 Å². The highest BCUT2D eigenvalue weighted by Gasteiger charge is 2.33. The molecule has 1 fully saturated rings. The van der Waals surface area contributed by atoms with Crippen molar-refractivity contribution in [1.82, 2.24) is 9.97 Å². The molecular weight excluding hydrogens is 347 g/mol. The summed E-state index contributed by atoms with van der Waals surface area (Å²) in [4.78, 5) is 10.9. The lowest BCUT2D eigenvalue weighted by atomic mass is 9.90. The van der Waals surface area contributed by atoms with Gasteiger partial charge in [0.1, 0.15) is 5.69 Å². The summed E-state index contributed by atoms with van der Waals surface area (Å²) >= 11 is 1.17. The van der Waals surface area contributed by atoms with Gasteiger partial charge < -0.3 is 4.90 Å². The van der Waals surface area contributed by atoms with Crippen LogP contribution in [0, 0.1) is 0 Å². The summed E-state index contributed by atoms with van der Waals surface area (Å²) in [5, 5.41) is 0.108. The molecule has 0 spiro atoms. The molecule has 1 aliphatic rings. The highest BCUT2D eigenvalue weighted by Crippen LogP contribution is 2.40. The molecule has 0 radical (unpaired) electrons. The minimum absolute atomic E-state index is 0.0174. The van der Waals surface area contributed by atoms with Crippen LogP contribution in [0.15, 0.2) is 46.6 Å². The molecule has 134 valence electrons. The Morgan fingerprint density at radius 3 is 2.60 bits per heavy atom. The number of rotatable bonds is 3. The number of anilines is 1. The van der Waals surface area contributed by atoms with Gasteiger partial charge in [0.25, 0.3) is 0 Å². The van der Waals surface area contributed by atoms with E-state index in [0.717, 1.165) is 42.2 Å². The van der Waals surface area contributed by atoms with Crippen molar-refractivity contribution in [2.24, 2.45) is 0 Å². The maximum Gasteiger partial charge on any atom is 0.433 e. The van der Waals surface area contributed by atoms with Crippen LogP contribution in [-0.2, 0) is 6.18 Å². The third-order valence-electron chi connectivity index (χ3n) is 4.43. The fourth-order valence-electron chi connectivity index (χ4n) is 3.12. The van der Waals surface area contributed by atoms with E-state index in [-0.39, 0.29) is 10.7 Å². The fraction of sp³-hybridized carbons (Fsp3) is 0.444. The Kier molecular flexibility index (Phi) is 4.95. The molecule has 0 unspecified atom stereocenters. The van der Waals surface area contributed by atoms with E-state index in [9.17, 15) is 13.2 Å². The molecule has 3 nitrogen and oxygen atoms in total. The largest absolute Gasteiger partial charge is 0.433 e. The Morgan fingerprint density at radius 1 is 1.12 bits per heavy atom. The second kappa shape index (κ2) is 6.86. The Balaban J connectivity index is 1.92. The molecule has 0 saturated carbocycles. The molecule has 0 bridgehead atoms. The van der Waals surface area contributed by atoms with Crippen LogP contribution in [0.1, 0.15) is 38.8 Å². The highest BCUT2D eigenvalue weighted by atomic mass is 32.2. The van der Waals surface area contributed by atoms with Crippen LogP contribution in [0.4, 0.5) is 18.9 Å². The lowest BCUT2D eigenvalue weighted by Crippen LogP contribution is -2.47. The Hall–Kier alpha value is -1.76. The summed E-state index contributed by atoms with van der Waals surface area (Å²) < 4.78 is 38.6. The van der Waals surface area contributed by atoms with Gasteiger partial charge in [-0.15, -0.1) is 0 Å². The second-order valence-electron chi connectivity index (χ2n) is 6.71. The van der Waals surface area contributed by atoms with E-state index in [4.69, 9.17) is 0 Å². The van der Waals surface area contributed by atoms with E-state index in [2.05, 4.69) is 28.7 Å². The maximum absolute atomic E-state index is 12.9. The first-order valence-corrected chi connectivity index (χ1v) is 9.04. The topological polar surface area (TPSA) is 29.0 Å². The molecule has 25 heavy (non-hydrogen) atoms. The number of para-hydroxylation sites is 1. The van der Waals surface area contributed by atoms with Crippen molar-refractivity contribution < 1.29 is 13.2 Å². The zero-order chi connectivity index (χ0) is 18.1. The maximum atomic E-state index is 12.9. The number of aromatic nitrogens is 2. The lowest BCUT2D eigenvalue weighted by Gasteiger charge is -2.45. The van der Waals surface area contributed by atoms with E-state index in [1.54, 1.807) is 0 Å². The number of benzene rings is 1. The smallest absolute Gasteiger partial charge is 0.365 e. The molecule has 0 atom stereocenters. The van der Waals surface area contributed by atoms with Crippen LogP contribution in [0.2, 0.25) is 0 Å². The van der Waals surface area contributed by atoms with Gasteiger partial charge in [0.15, 0.2) is 5.16 Å². The summed E-state index contributed by atoms with van der Waals surface area (Å²) in [5.74, 6) is 0. The molecule has 2 aromatic rings. The van der Waals surface area contributed by atoms with Crippen molar-refractivity contribution >= 4 is 17.4 Å². The summed E-state index contributed by atoms with van der Waals surface area (Å²) in [5.41, 5.74) is 0.128. The quantitative estimate of drug-likeness (QED) is 0.678. The van der Waals surface area contributed by atoms with E-state index in [0.29, 0.717) is 0 Å². The Labute approximate surface area is 149 Å². The minimum atomic E-state index is -4.47. The number of hydrogen-bond donors (Lipinski definition) is 0. The lowest BCUT2D eigenvalue weighted by molar-refractivity contribution is -0.141. The molecule has 2 heterocycles. The fourth-order valence-corrected chi connectivity index (χ4v) is 4.01. The predicted octanol–water partition coefficient (Wildman–Crippen LogP) is 5.42. The predicted molar refractivity (Wildman–Crippen MR) is 92.9 cm³/mol. The molecule has 0 aliphatic carbocycles. The Bertz CT molecular complexity index is 746. The molecule has 0 N–H and O–H groups in total. The van der Waals surface area contributed by atoms with Crippen molar-refractivity contribution in [2.75, 3.05) is 11.4 Å². The third kappa shape index (κ3) is 4.08. The first kappa shape index (κ1) is 18.0. The first-order valence-electron chi connectivity index (χ1n) is 8.22. The van der Waals surface area contributed by atoms with Crippen molar-refractivity contribution in [2.45, 2.75) is 54.9 Å². The van der Waals surface area contributed by atoms with Gasteiger partial charge in [0.05, 0.1) is 5.69 Å². The minimum Gasteiger partial charge on any atom is -0.365 e. The van der Waals surface area contributed by atoms with Crippen LogP contribution < -0.4 is 4.90 Å². The van der Waals surface area contributed by atoms with Crippen molar-refractivity contribution in [3.05, 3.63) is 42.2 Å². The van der Waals surface area contributed by atoms with Crippen molar-refractivity contribution in [1.29, 1.82) is 0 Å². The summed E-state index contributed by atoms with van der Waals surface area (Å²) in [7, 11) is 0. The second-order valence-corrected chi connectivity index (χ2v) is 7.72. The van der Waals surface area contributed by atoms with Gasteiger partial charge in [-0.25, -0.2) is 9.97 Å². The van der Waals surface area contributed by atoms with Crippen molar-refractivity contribution in [3.63, 3.8) is 0 Å². The summed E-state index contributed by atoms with van der Waals surface area (Å²) in [6, 6.07) is 8.66. The number of alkyl halides is 3. The molecular formula is C18H20F3N3S. The van der Waals surface area contributed by atoms with Crippen molar-refractivity contribution in [3.8, 4) is 0 Å². The summed E-state index contributed by atoms with van der Waals surface area (Å²) in [6.07, 6.45) is 0.0856. The van der Waals surface area contributed by atoms with Gasteiger partial charge in [-0.05, 0) is 63.1 Å². The van der Waals surface area contributed by atoms with Gasteiger partial charge in [0, 0.05) is 23.2 Å². The van der Waals surface area contributed by atoms with E-state index < -0.39 is 11.9 Å². The molecule has 1 aliphatic heterocycles. The first-order chi connectivity index (χ1) is 11.8. The highest BCUT2D eigenvalue weighted by molar-refractivity contribution is 7.99. The SMILES string of the molecule is CC1(C)CCCCN1c1ccccc1Sc1nccc(C(F)(F)F)n1. The zero-order valence-corrected chi connectivity index (χ0v) is 15.0. The summed E-state index contributed by atoms with van der Waals surface area (Å²) in [6.45, 7) is 5.34. The molecule has 3 rings (SSSR count). The number of nitrogens with zero attached hydrogens (tertiary/aromatic N) is 3. The number of hydrogen-bond acceptors (Lipinski definition) is 4. The number of halogens is 3. The zero-order valence-electron chi connectivity index (χ0n) is 14.2. The van der Waals surface area contributed by atoms with Gasteiger partial charge in [-0.3, -0.25) is 0 Å².